The Morgan fingerprint density at radius 3 is 2.46 bits per heavy atom. The third-order valence-corrected chi connectivity index (χ3v) is 3.43. The molecule has 2 amide bonds. The number of hydrogen-bond donors (Lipinski definition) is 2. The number of anilines is 1. The zero-order valence-electron chi connectivity index (χ0n) is 12.8. The van der Waals surface area contributed by atoms with Crippen molar-refractivity contribution in [3.8, 4) is 11.4 Å². The lowest BCUT2D eigenvalue weighted by Gasteiger charge is -2.07. The molecule has 0 spiro atoms. The molecule has 120 valence electrons. The van der Waals surface area contributed by atoms with E-state index < -0.39 is 5.91 Å². The molecule has 0 radical (unpaired) electrons. The van der Waals surface area contributed by atoms with Crippen molar-refractivity contribution >= 4 is 17.5 Å². The molecule has 0 saturated carbocycles. The Kier molecular flexibility index (Phi) is 4.02. The van der Waals surface area contributed by atoms with Crippen LogP contribution in [0.2, 0.25) is 0 Å². The first-order valence-corrected chi connectivity index (χ1v) is 7.08. The lowest BCUT2D eigenvalue weighted by Crippen LogP contribution is -2.13. The normalized spacial score (nSPS) is 10.4. The molecule has 1 heterocycles. The number of tetrazole rings is 1. The third-order valence-electron chi connectivity index (χ3n) is 3.43. The fourth-order valence-corrected chi connectivity index (χ4v) is 2.19. The molecular weight excluding hydrogens is 308 g/mol. The van der Waals surface area contributed by atoms with Crippen LogP contribution in [-0.4, -0.2) is 32.0 Å². The number of carbonyl (C=O) groups is 2. The van der Waals surface area contributed by atoms with E-state index in [0.29, 0.717) is 22.6 Å². The van der Waals surface area contributed by atoms with Gasteiger partial charge in [0.05, 0.1) is 0 Å². The standard InChI is InChI=1S/C16H14N6O2/c1-22-15(19-20-21-22)11-3-2-4-12(9-11)16(24)18-13-7-5-10(6-8-13)14(17)23/h2-9H,1H3,(H2,17,23)(H,18,24). The molecule has 3 aromatic rings. The first-order chi connectivity index (χ1) is 11.5. The summed E-state index contributed by atoms with van der Waals surface area (Å²) in [5, 5.41) is 14.0. The lowest BCUT2D eigenvalue weighted by molar-refractivity contribution is 0.0998. The van der Waals surface area contributed by atoms with Gasteiger partial charge in [0.2, 0.25) is 5.91 Å². The van der Waals surface area contributed by atoms with Crippen LogP contribution in [0.3, 0.4) is 0 Å². The van der Waals surface area contributed by atoms with Crippen LogP contribution >= 0.6 is 0 Å². The second-order valence-electron chi connectivity index (χ2n) is 5.10. The Morgan fingerprint density at radius 1 is 1.08 bits per heavy atom. The van der Waals surface area contributed by atoms with Gasteiger partial charge in [-0.15, -0.1) is 5.10 Å². The molecule has 0 aliphatic heterocycles. The highest BCUT2D eigenvalue weighted by Gasteiger charge is 2.11. The molecule has 0 aliphatic rings. The summed E-state index contributed by atoms with van der Waals surface area (Å²) in [6.07, 6.45) is 0. The molecular formula is C16H14N6O2. The highest BCUT2D eigenvalue weighted by atomic mass is 16.2. The molecule has 3 N–H and O–H groups in total. The van der Waals surface area contributed by atoms with Gasteiger partial charge in [-0.2, -0.15) is 0 Å². The van der Waals surface area contributed by atoms with Crippen LogP contribution in [0.5, 0.6) is 0 Å². The largest absolute Gasteiger partial charge is 0.366 e. The summed E-state index contributed by atoms with van der Waals surface area (Å²) in [4.78, 5) is 23.4. The summed E-state index contributed by atoms with van der Waals surface area (Å²) in [5.74, 6) is -0.230. The Hall–Kier alpha value is -3.55. The van der Waals surface area contributed by atoms with E-state index in [1.54, 1.807) is 49.5 Å². The van der Waals surface area contributed by atoms with Crippen molar-refractivity contribution in [3.63, 3.8) is 0 Å². The van der Waals surface area contributed by atoms with Crippen LogP contribution in [0.1, 0.15) is 20.7 Å². The van der Waals surface area contributed by atoms with Gasteiger partial charge in [0, 0.05) is 29.4 Å². The van der Waals surface area contributed by atoms with E-state index in [1.165, 1.54) is 4.68 Å². The number of aromatic nitrogens is 4. The minimum atomic E-state index is -0.516. The van der Waals surface area contributed by atoms with Crippen molar-refractivity contribution in [2.75, 3.05) is 5.32 Å². The van der Waals surface area contributed by atoms with Crippen LogP contribution in [0.25, 0.3) is 11.4 Å². The van der Waals surface area contributed by atoms with E-state index in [1.807, 2.05) is 6.07 Å². The van der Waals surface area contributed by atoms with Crippen molar-refractivity contribution < 1.29 is 9.59 Å². The maximum Gasteiger partial charge on any atom is 0.255 e. The Morgan fingerprint density at radius 2 is 1.83 bits per heavy atom. The van der Waals surface area contributed by atoms with Crippen LogP contribution in [0.4, 0.5) is 5.69 Å². The van der Waals surface area contributed by atoms with Gasteiger partial charge in [-0.05, 0) is 46.8 Å². The van der Waals surface area contributed by atoms with Gasteiger partial charge < -0.3 is 11.1 Å². The summed E-state index contributed by atoms with van der Waals surface area (Å²) in [6, 6.07) is 13.3. The van der Waals surface area contributed by atoms with Crippen molar-refractivity contribution in [1.29, 1.82) is 0 Å². The fraction of sp³-hybridized carbons (Fsp3) is 0.0625. The van der Waals surface area contributed by atoms with E-state index in [0.717, 1.165) is 5.56 Å². The third kappa shape index (κ3) is 3.12. The van der Waals surface area contributed by atoms with Gasteiger partial charge in [0.25, 0.3) is 5.91 Å². The monoisotopic (exact) mass is 322 g/mol. The fourth-order valence-electron chi connectivity index (χ4n) is 2.19. The second-order valence-corrected chi connectivity index (χ2v) is 5.10. The van der Waals surface area contributed by atoms with E-state index in [-0.39, 0.29) is 5.91 Å². The topological polar surface area (TPSA) is 116 Å². The van der Waals surface area contributed by atoms with Gasteiger partial charge in [-0.3, -0.25) is 9.59 Å². The van der Waals surface area contributed by atoms with Crippen LogP contribution in [0, 0.1) is 0 Å². The number of carbonyl (C=O) groups excluding carboxylic acids is 2. The summed E-state index contributed by atoms with van der Waals surface area (Å²) in [6.45, 7) is 0. The maximum absolute atomic E-state index is 12.4. The average Bonchev–Trinajstić information content (AvgIpc) is 3.01. The number of primary amides is 1. The first-order valence-electron chi connectivity index (χ1n) is 7.08. The zero-order chi connectivity index (χ0) is 17.1. The Labute approximate surface area is 137 Å². The lowest BCUT2D eigenvalue weighted by atomic mass is 10.1. The average molecular weight is 322 g/mol. The van der Waals surface area contributed by atoms with Gasteiger partial charge >= 0.3 is 0 Å². The minimum Gasteiger partial charge on any atom is -0.366 e. The van der Waals surface area contributed by atoms with Crippen LogP contribution < -0.4 is 11.1 Å². The SMILES string of the molecule is Cn1nnnc1-c1cccc(C(=O)Nc2ccc(C(N)=O)cc2)c1. The second kappa shape index (κ2) is 6.29. The quantitative estimate of drug-likeness (QED) is 0.749. The van der Waals surface area contributed by atoms with E-state index >= 15 is 0 Å². The van der Waals surface area contributed by atoms with Crippen LogP contribution in [-0.2, 0) is 7.05 Å². The number of nitrogens with one attached hydrogen (secondary N) is 1. The van der Waals surface area contributed by atoms with Crippen molar-refractivity contribution in [2.45, 2.75) is 0 Å². The van der Waals surface area contributed by atoms with Crippen LogP contribution in [0.15, 0.2) is 48.5 Å². The first kappa shape index (κ1) is 15.3. The summed E-state index contributed by atoms with van der Waals surface area (Å²) in [5.41, 5.74) is 7.33. The molecule has 0 bridgehead atoms. The van der Waals surface area contributed by atoms with Gasteiger partial charge in [0.15, 0.2) is 5.82 Å². The molecule has 8 heteroatoms. The van der Waals surface area contributed by atoms with Crippen molar-refractivity contribution in [1.82, 2.24) is 20.2 Å². The summed E-state index contributed by atoms with van der Waals surface area (Å²) >= 11 is 0. The molecule has 8 nitrogen and oxygen atoms in total. The van der Waals surface area contributed by atoms with E-state index in [9.17, 15) is 9.59 Å². The summed E-state index contributed by atoms with van der Waals surface area (Å²) in [7, 11) is 1.72. The molecule has 0 saturated heterocycles. The predicted molar refractivity (Wildman–Crippen MR) is 87.1 cm³/mol. The van der Waals surface area contributed by atoms with Gasteiger partial charge in [0.1, 0.15) is 0 Å². The molecule has 2 aromatic carbocycles. The summed E-state index contributed by atoms with van der Waals surface area (Å²) < 4.78 is 1.53. The molecule has 24 heavy (non-hydrogen) atoms. The van der Waals surface area contributed by atoms with Gasteiger partial charge in [-0.1, -0.05) is 12.1 Å². The molecule has 0 atom stereocenters. The van der Waals surface area contributed by atoms with E-state index in [4.69, 9.17) is 5.73 Å². The molecule has 3 rings (SSSR count). The molecule has 0 fully saturated rings. The molecule has 0 unspecified atom stereocenters. The number of rotatable bonds is 4. The number of hydrogen-bond acceptors (Lipinski definition) is 5. The number of benzene rings is 2. The van der Waals surface area contributed by atoms with Crippen molar-refractivity contribution in [2.24, 2.45) is 12.8 Å². The number of nitrogens with zero attached hydrogens (tertiary/aromatic N) is 4. The number of nitrogens with two attached hydrogens (primary N) is 1. The highest BCUT2D eigenvalue weighted by Crippen LogP contribution is 2.18. The zero-order valence-corrected chi connectivity index (χ0v) is 12.8. The van der Waals surface area contributed by atoms with Crippen molar-refractivity contribution in [3.05, 3.63) is 59.7 Å². The number of amides is 2. The maximum atomic E-state index is 12.4. The predicted octanol–water partition coefficient (Wildman–Crippen LogP) is 1.23. The van der Waals surface area contributed by atoms with E-state index in [2.05, 4.69) is 20.8 Å². The Bertz CT molecular complexity index is 901. The van der Waals surface area contributed by atoms with Gasteiger partial charge in [-0.25, -0.2) is 4.68 Å². The Balaban J connectivity index is 1.80. The minimum absolute atomic E-state index is 0.279. The molecule has 1 aromatic heterocycles. The number of aryl methyl sites for hydroxylation is 1. The molecule has 0 aliphatic carbocycles. The highest BCUT2D eigenvalue weighted by molar-refractivity contribution is 6.05. The smallest absolute Gasteiger partial charge is 0.255 e.